The number of alkyl halides is 3. The minimum Gasteiger partial charge on any atom is -0.406 e. The second-order valence-corrected chi connectivity index (χ2v) is 7.33. The van der Waals surface area contributed by atoms with Gasteiger partial charge in [0.05, 0.1) is 23.9 Å². The maximum absolute atomic E-state index is 12.2. The second kappa shape index (κ2) is 5.92. The highest BCUT2D eigenvalue weighted by Crippen LogP contribution is 2.55. The van der Waals surface area contributed by atoms with Crippen LogP contribution in [0.4, 0.5) is 13.2 Å². The topological polar surface area (TPSA) is 27.7 Å². The average Bonchev–Trinajstić information content (AvgIpc) is 2.97. The number of halogens is 3. The molecule has 0 saturated carbocycles. The number of rotatable bonds is 5. The molecule has 134 valence electrons. The molecule has 0 amide bonds. The molecule has 2 aliphatic rings. The van der Waals surface area contributed by atoms with Crippen LogP contribution in [0.3, 0.4) is 0 Å². The summed E-state index contributed by atoms with van der Waals surface area (Å²) in [7, 11) is 0. The van der Waals surface area contributed by atoms with Gasteiger partial charge in [0.15, 0.2) is 0 Å². The molecular weight excluding hydrogens is 321 g/mol. The summed E-state index contributed by atoms with van der Waals surface area (Å²) in [6.07, 6.45) is -1.74. The minimum absolute atomic E-state index is 0.0137. The third kappa shape index (κ3) is 3.40. The fraction of sp³-hybridized carbons (Fsp3) is 0.667. The van der Waals surface area contributed by atoms with Crippen LogP contribution >= 0.6 is 0 Å². The van der Waals surface area contributed by atoms with Crippen LogP contribution in [0.2, 0.25) is 0 Å². The first-order chi connectivity index (χ1) is 11.1. The van der Waals surface area contributed by atoms with Crippen molar-refractivity contribution >= 4 is 0 Å². The summed E-state index contributed by atoms with van der Waals surface area (Å²) < 4.78 is 52.7. The summed E-state index contributed by atoms with van der Waals surface area (Å²) in [6, 6.07) is 5.80. The van der Waals surface area contributed by atoms with Crippen LogP contribution in [-0.4, -0.2) is 23.7 Å². The highest BCUT2D eigenvalue weighted by Gasteiger charge is 2.60. The van der Waals surface area contributed by atoms with E-state index in [9.17, 15) is 13.2 Å². The Morgan fingerprint density at radius 2 is 1.88 bits per heavy atom. The molecule has 3 atom stereocenters. The van der Waals surface area contributed by atoms with Crippen molar-refractivity contribution in [3.8, 4) is 5.75 Å². The molecule has 2 heterocycles. The lowest BCUT2D eigenvalue weighted by molar-refractivity contribution is -0.274. The van der Waals surface area contributed by atoms with E-state index in [1.807, 2.05) is 0 Å². The molecule has 0 aromatic heterocycles. The molecular formula is C18H23F3O3. The van der Waals surface area contributed by atoms with Crippen molar-refractivity contribution in [3.63, 3.8) is 0 Å². The third-order valence-electron chi connectivity index (χ3n) is 5.35. The van der Waals surface area contributed by atoms with Gasteiger partial charge in [0.2, 0.25) is 0 Å². The number of fused-ring (bicyclic) bond motifs is 2. The Kier molecular flexibility index (Phi) is 4.33. The van der Waals surface area contributed by atoms with Crippen molar-refractivity contribution in [3.05, 3.63) is 29.8 Å². The number of hydrogen-bond donors (Lipinski definition) is 0. The first-order valence-electron chi connectivity index (χ1n) is 8.28. The van der Waals surface area contributed by atoms with E-state index in [2.05, 4.69) is 25.5 Å². The molecule has 1 aromatic rings. The van der Waals surface area contributed by atoms with Crippen LogP contribution in [0.1, 0.15) is 45.6 Å². The van der Waals surface area contributed by atoms with E-state index in [0.29, 0.717) is 12.5 Å². The molecule has 0 radical (unpaired) electrons. The van der Waals surface area contributed by atoms with E-state index in [4.69, 9.17) is 9.47 Å². The van der Waals surface area contributed by atoms with Gasteiger partial charge in [0.1, 0.15) is 5.75 Å². The highest BCUT2D eigenvalue weighted by molar-refractivity contribution is 5.27. The van der Waals surface area contributed by atoms with Gasteiger partial charge in [0.25, 0.3) is 0 Å². The van der Waals surface area contributed by atoms with Crippen LogP contribution < -0.4 is 4.74 Å². The number of benzene rings is 1. The Labute approximate surface area is 140 Å². The van der Waals surface area contributed by atoms with Gasteiger partial charge in [-0.15, -0.1) is 13.2 Å². The van der Waals surface area contributed by atoms with E-state index < -0.39 is 6.36 Å². The van der Waals surface area contributed by atoms with Gasteiger partial charge in [0, 0.05) is 6.42 Å². The fourth-order valence-electron chi connectivity index (χ4n) is 3.79. The average molecular weight is 344 g/mol. The summed E-state index contributed by atoms with van der Waals surface area (Å²) in [6.45, 7) is 6.79. The van der Waals surface area contributed by atoms with Gasteiger partial charge >= 0.3 is 6.36 Å². The Morgan fingerprint density at radius 1 is 1.21 bits per heavy atom. The van der Waals surface area contributed by atoms with Gasteiger partial charge in [-0.25, -0.2) is 0 Å². The smallest absolute Gasteiger partial charge is 0.406 e. The molecule has 3 nitrogen and oxygen atoms in total. The van der Waals surface area contributed by atoms with Gasteiger partial charge < -0.3 is 14.2 Å². The SMILES string of the molecule is CC(C)C12CCC(C)(O1)C(OCc1ccc(OC(F)(F)F)cc1)C2. The largest absolute Gasteiger partial charge is 0.573 e. The first-order valence-corrected chi connectivity index (χ1v) is 8.28. The molecule has 0 aliphatic carbocycles. The summed E-state index contributed by atoms with van der Waals surface area (Å²) in [5.41, 5.74) is 0.461. The molecule has 2 aliphatic heterocycles. The molecule has 24 heavy (non-hydrogen) atoms. The predicted octanol–water partition coefficient (Wildman–Crippen LogP) is 4.84. The zero-order valence-electron chi connectivity index (χ0n) is 14.2. The van der Waals surface area contributed by atoms with Crippen LogP contribution in [0.25, 0.3) is 0 Å². The Morgan fingerprint density at radius 3 is 2.42 bits per heavy atom. The Bertz CT molecular complexity index is 584. The Balaban J connectivity index is 1.59. The van der Waals surface area contributed by atoms with Crippen LogP contribution in [0, 0.1) is 5.92 Å². The lowest BCUT2D eigenvalue weighted by atomic mass is 9.75. The molecule has 2 saturated heterocycles. The van der Waals surface area contributed by atoms with E-state index in [1.54, 1.807) is 12.1 Å². The first kappa shape index (κ1) is 17.5. The quantitative estimate of drug-likeness (QED) is 0.765. The van der Waals surface area contributed by atoms with Gasteiger partial charge in [-0.05, 0) is 43.4 Å². The van der Waals surface area contributed by atoms with E-state index >= 15 is 0 Å². The molecule has 0 spiro atoms. The molecule has 6 heteroatoms. The normalized spacial score (nSPS) is 32.5. The summed E-state index contributed by atoms with van der Waals surface area (Å²) >= 11 is 0. The fourth-order valence-corrected chi connectivity index (χ4v) is 3.79. The summed E-state index contributed by atoms with van der Waals surface area (Å²) in [5.74, 6) is 0.215. The van der Waals surface area contributed by atoms with E-state index in [0.717, 1.165) is 24.8 Å². The monoisotopic (exact) mass is 344 g/mol. The molecule has 1 aromatic carbocycles. The van der Waals surface area contributed by atoms with E-state index in [-0.39, 0.29) is 23.1 Å². The van der Waals surface area contributed by atoms with Crippen molar-refractivity contribution in [2.75, 3.05) is 0 Å². The van der Waals surface area contributed by atoms with Crippen molar-refractivity contribution < 1.29 is 27.4 Å². The zero-order chi connectivity index (χ0) is 17.6. The lowest BCUT2D eigenvalue weighted by Gasteiger charge is -2.31. The summed E-state index contributed by atoms with van der Waals surface area (Å²) in [5, 5.41) is 0. The predicted molar refractivity (Wildman–Crippen MR) is 82.6 cm³/mol. The van der Waals surface area contributed by atoms with Crippen molar-refractivity contribution in [2.24, 2.45) is 5.92 Å². The van der Waals surface area contributed by atoms with Gasteiger partial charge in [-0.1, -0.05) is 26.0 Å². The van der Waals surface area contributed by atoms with Crippen LogP contribution in [0.15, 0.2) is 24.3 Å². The lowest BCUT2D eigenvalue weighted by Crippen LogP contribution is -2.38. The van der Waals surface area contributed by atoms with E-state index in [1.165, 1.54) is 12.1 Å². The van der Waals surface area contributed by atoms with Crippen molar-refractivity contribution in [2.45, 2.75) is 70.3 Å². The molecule has 3 unspecified atom stereocenters. The van der Waals surface area contributed by atoms with Gasteiger partial charge in [-0.3, -0.25) is 0 Å². The van der Waals surface area contributed by atoms with Crippen LogP contribution in [0.5, 0.6) is 5.75 Å². The number of hydrogen-bond acceptors (Lipinski definition) is 3. The second-order valence-electron chi connectivity index (χ2n) is 7.33. The van der Waals surface area contributed by atoms with Crippen molar-refractivity contribution in [1.82, 2.24) is 0 Å². The standard InChI is InChI=1S/C18H23F3O3/c1-12(2)17-9-8-16(3,24-17)15(10-17)22-11-13-4-6-14(7-5-13)23-18(19,20)21/h4-7,12,15H,8-11H2,1-3H3. The molecule has 0 N–H and O–H groups in total. The third-order valence-corrected chi connectivity index (χ3v) is 5.35. The minimum atomic E-state index is -4.67. The van der Waals surface area contributed by atoms with Gasteiger partial charge in [-0.2, -0.15) is 0 Å². The number of ether oxygens (including phenoxy) is 3. The van der Waals surface area contributed by atoms with Crippen LogP contribution in [-0.2, 0) is 16.1 Å². The Hall–Kier alpha value is -1.27. The van der Waals surface area contributed by atoms with Crippen molar-refractivity contribution in [1.29, 1.82) is 0 Å². The highest BCUT2D eigenvalue weighted by atomic mass is 19.4. The zero-order valence-corrected chi connectivity index (χ0v) is 14.2. The molecule has 2 fully saturated rings. The molecule has 3 rings (SSSR count). The maximum atomic E-state index is 12.2. The molecule has 2 bridgehead atoms. The maximum Gasteiger partial charge on any atom is 0.573 e. The summed E-state index contributed by atoms with van der Waals surface area (Å²) in [4.78, 5) is 0.